The molecule has 4 nitrogen and oxygen atoms in total. The molecule has 3 heterocycles. The summed E-state index contributed by atoms with van der Waals surface area (Å²) in [5.74, 6) is 0.250. The zero-order valence-electron chi connectivity index (χ0n) is 18.4. The molecule has 5 heteroatoms. The van der Waals surface area contributed by atoms with E-state index in [2.05, 4.69) is 46.3 Å². The fourth-order valence-electron chi connectivity index (χ4n) is 5.55. The predicted octanol–water partition coefficient (Wildman–Crippen LogP) is 5.11. The van der Waals surface area contributed by atoms with Crippen molar-refractivity contribution in [2.24, 2.45) is 11.8 Å². The van der Waals surface area contributed by atoms with E-state index in [0.717, 1.165) is 35.1 Å². The summed E-state index contributed by atoms with van der Waals surface area (Å²) in [4.78, 5) is 20.8. The average molecular weight is 440 g/mol. The van der Waals surface area contributed by atoms with E-state index in [9.17, 15) is 9.18 Å². The molecule has 2 fully saturated rings. The molecule has 2 atom stereocenters. The topological polar surface area (TPSA) is 39.3 Å². The first-order chi connectivity index (χ1) is 16.2. The van der Waals surface area contributed by atoms with Crippen LogP contribution in [0.5, 0.6) is 0 Å². The number of hydrogen-bond donors (Lipinski definition) is 1. The average Bonchev–Trinajstić information content (AvgIpc) is 3.56. The van der Waals surface area contributed by atoms with Crippen molar-refractivity contribution in [2.75, 3.05) is 31.1 Å². The summed E-state index contributed by atoms with van der Waals surface area (Å²) in [6.45, 7) is 3.28. The van der Waals surface area contributed by atoms with Crippen molar-refractivity contribution >= 4 is 22.5 Å². The maximum atomic E-state index is 14.7. The van der Waals surface area contributed by atoms with Crippen molar-refractivity contribution in [1.82, 2.24) is 9.88 Å². The molecular formula is C28H26FN3O. The number of H-pyrrole nitrogens is 1. The third-order valence-corrected chi connectivity index (χ3v) is 7.24. The molecule has 0 aliphatic carbocycles. The van der Waals surface area contributed by atoms with E-state index in [4.69, 9.17) is 0 Å². The SMILES string of the molecule is O=C(c1cc(Cc2cccc3[nH]ccc23)ccc1F)N1CC2CN(c3ccccc3)CC2C1. The van der Waals surface area contributed by atoms with Gasteiger partial charge in [0.05, 0.1) is 5.56 Å². The van der Waals surface area contributed by atoms with Crippen LogP contribution in [0.4, 0.5) is 10.1 Å². The summed E-state index contributed by atoms with van der Waals surface area (Å²) in [7, 11) is 0. The summed E-state index contributed by atoms with van der Waals surface area (Å²) >= 11 is 0. The van der Waals surface area contributed by atoms with Crippen molar-refractivity contribution in [3.05, 3.63) is 102 Å². The summed E-state index contributed by atoms with van der Waals surface area (Å²) in [5.41, 5.74) is 4.62. The summed E-state index contributed by atoms with van der Waals surface area (Å²) < 4.78 is 14.7. The fourth-order valence-corrected chi connectivity index (χ4v) is 5.55. The van der Waals surface area contributed by atoms with E-state index >= 15 is 0 Å². The van der Waals surface area contributed by atoms with Gasteiger partial charge in [0.15, 0.2) is 0 Å². The Bertz CT molecular complexity index is 1300. The highest BCUT2D eigenvalue weighted by Crippen LogP contribution is 2.35. The maximum Gasteiger partial charge on any atom is 0.256 e. The van der Waals surface area contributed by atoms with E-state index in [1.807, 2.05) is 29.3 Å². The molecule has 1 amide bonds. The molecule has 2 aliphatic rings. The van der Waals surface area contributed by atoms with Gasteiger partial charge in [-0.1, -0.05) is 36.4 Å². The molecule has 3 aromatic carbocycles. The summed E-state index contributed by atoms with van der Waals surface area (Å²) in [5, 5.41) is 1.16. The van der Waals surface area contributed by atoms with Gasteiger partial charge in [-0.25, -0.2) is 4.39 Å². The van der Waals surface area contributed by atoms with Crippen LogP contribution in [-0.4, -0.2) is 42.0 Å². The van der Waals surface area contributed by atoms with Crippen LogP contribution in [-0.2, 0) is 6.42 Å². The normalized spacial score (nSPS) is 19.9. The van der Waals surface area contributed by atoms with Crippen molar-refractivity contribution in [1.29, 1.82) is 0 Å². The van der Waals surface area contributed by atoms with Crippen LogP contribution in [0.2, 0.25) is 0 Å². The highest BCUT2D eigenvalue weighted by Gasteiger charge is 2.42. The molecule has 0 saturated carbocycles. The number of aromatic nitrogens is 1. The van der Waals surface area contributed by atoms with Gasteiger partial charge < -0.3 is 14.8 Å². The third-order valence-electron chi connectivity index (χ3n) is 7.24. The number of amides is 1. The van der Waals surface area contributed by atoms with E-state index in [1.165, 1.54) is 11.8 Å². The number of aromatic amines is 1. The van der Waals surface area contributed by atoms with E-state index in [1.54, 1.807) is 12.1 Å². The molecule has 6 rings (SSSR count). The second-order valence-corrected chi connectivity index (χ2v) is 9.32. The second-order valence-electron chi connectivity index (χ2n) is 9.32. The number of rotatable bonds is 4. The van der Waals surface area contributed by atoms with E-state index < -0.39 is 5.82 Å². The minimum Gasteiger partial charge on any atom is -0.371 e. The maximum absolute atomic E-state index is 14.7. The molecular weight excluding hydrogens is 413 g/mol. The predicted molar refractivity (Wildman–Crippen MR) is 129 cm³/mol. The van der Waals surface area contributed by atoms with Crippen LogP contribution < -0.4 is 4.90 Å². The summed E-state index contributed by atoms with van der Waals surface area (Å²) in [6.07, 6.45) is 2.59. The molecule has 0 radical (unpaired) electrons. The largest absolute Gasteiger partial charge is 0.371 e. The molecule has 1 aromatic heterocycles. The van der Waals surface area contributed by atoms with Gasteiger partial charge in [-0.05, 0) is 53.9 Å². The monoisotopic (exact) mass is 439 g/mol. The fraction of sp³-hybridized carbons (Fsp3) is 0.250. The zero-order valence-corrected chi connectivity index (χ0v) is 18.4. The Labute approximate surface area is 192 Å². The smallest absolute Gasteiger partial charge is 0.256 e. The van der Waals surface area contributed by atoms with Gasteiger partial charge >= 0.3 is 0 Å². The van der Waals surface area contributed by atoms with Crippen molar-refractivity contribution in [3.8, 4) is 0 Å². The number of fused-ring (bicyclic) bond motifs is 2. The Morgan fingerprint density at radius 3 is 2.48 bits per heavy atom. The number of anilines is 1. The van der Waals surface area contributed by atoms with Crippen LogP contribution in [0, 0.1) is 17.7 Å². The zero-order chi connectivity index (χ0) is 22.4. The molecule has 2 aliphatic heterocycles. The van der Waals surface area contributed by atoms with Gasteiger partial charge in [0.25, 0.3) is 5.91 Å². The second kappa shape index (κ2) is 8.07. The van der Waals surface area contributed by atoms with Gasteiger partial charge in [-0.3, -0.25) is 4.79 Å². The highest BCUT2D eigenvalue weighted by atomic mass is 19.1. The standard InChI is InChI=1S/C28H26FN3O/c29-26-10-9-19(13-20-5-4-8-27-24(20)11-12-30-27)14-25(26)28(33)32-17-21-15-31(16-22(21)18-32)23-6-2-1-3-7-23/h1-12,14,21-22,30H,13,15-18H2. The first kappa shape index (κ1) is 20.0. The first-order valence-electron chi connectivity index (χ1n) is 11.6. The minimum atomic E-state index is -0.438. The Morgan fingerprint density at radius 1 is 0.909 bits per heavy atom. The summed E-state index contributed by atoms with van der Waals surface area (Å²) in [6, 6.07) is 23.6. The van der Waals surface area contributed by atoms with Gasteiger partial charge in [0.2, 0.25) is 0 Å². The molecule has 166 valence electrons. The number of carbonyl (C=O) groups excluding carboxylic acids is 1. The Balaban J connectivity index is 1.18. The number of carbonyl (C=O) groups is 1. The molecule has 33 heavy (non-hydrogen) atoms. The van der Waals surface area contributed by atoms with Crippen molar-refractivity contribution in [2.45, 2.75) is 6.42 Å². The lowest BCUT2D eigenvalue weighted by Crippen LogP contribution is -2.33. The van der Waals surface area contributed by atoms with Crippen LogP contribution in [0.15, 0.2) is 79.0 Å². The van der Waals surface area contributed by atoms with E-state index in [0.29, 0.717) is 31.3 Å². The van der Waals surface area contributed by atoms with Crippen LogP contribution in [0.1, 0.15) is 21.5 Å². The lowest BCUT2D eigenvalue weighted by Gasteiger charge is -2.23. The number of nitrogens with zero attached hydrogens (tertiary/aromatic N) is 2. The number of para-hydroxylation sites is 1. The lowest BCUT2D eigenvalue weighted by molar-refractivity contribution is 0.0778. The molecule has 1 N–H and O–H groups in total. The molecule has 4 aromatic rings. The van der Waals surface area contributed by atoms with Crippen LogP contribution in [0.25, 0.3) is 10.9 Å². The first-order valence-corrected chi connectivity index (χ1v) is 11.6. The number of nitrogens with one attached hydrogen (secondary N) is 1. The van der Waals surface area contributed by atoms with Gasteiger partial charge in [0, 0.05) is 60.8 Å². The highest BCUT2D eigenvalue weighted by molar-refractivity contribution is 5.95. The Kier molecular flexibility index (Phi) is 4.90. The molecule has 2 unspecified atom stereocenters. The van der Waals surface area contributed by atoms with Crippen LogP contribution in [0.3, 0.4) is 0 Å². The van der Waals surface area contributed by atoms with Crippen molar-refractivity contribution in [3.63, 3.8) is 0 Å². The van der Waals surface area contributed by atoms with Crippen LogP contribution >= 0.6 is 0 Å². The number of hydrogen-bond acceptors (Lipinski definition) is 2. The van der Waals surface area contributed by atoms with Gasteiger partial charge in [0.1, 0.15) is 5.82 Å². The van der Waals surface area contributed by atoms with E-state index in [-0.39, 0.29) is 11.5 Å². The van der Waals surface area contributed by atoms with Crippen molar-refractivity contribution < 1.29 is 9.18 Å². The number of benzene rings is 3. The Hall–Kier alpha value is -3.60. The third kappa shape index (κ3) is 3.67. The number of halogens is 1. The quantitative estimate of drug-likeness (QED) is 0.480. The Morgan fingerprint density at radius 2 is 1.70 bits per heavy atom. The number of likely N-dealkylation sites (tertiary alicyclic amines) is 1. The minimum absolute atomic E-state index is 0.185. The molecule has 2 saturated heterocycles. The lowest BCUT2D eigenvalue weighted by atomic mass is 9.99. The van der Waals surface area contributed by atoms with Gasteiger partial charge in [-0.2, -0.15) is 0 Å². The molecule has 0 spiro atoms. The van der Waals surface area contributed by atoms with Gasteiger partial charge in [-0.15, -0.1) is 0 Å². The molecule has 0 bridgehead atoms.